The molecule has 2 heterocycles. The number of carbonyl (C=O) groups excluding carboxylic acids is 4. The number of hydrogen-bond donors (Lipinski definition) is 3. The zero-order valence-electron chi connectivity index (χ0n) is 17.9. The second-order valence-electron chi connectivity index (χ2n) is 8.51. The molecular formula is C24H25N3O5. The number of carbonyl (C=O) groups is 4. The molecular weight excluding hydrogens is 410 g/mol. The van der Waals surface area contributed by atoms with Crippen molar-refractivity contribution >= 4 is 23.6 Å². The summed E-state index contributed by atoms with van der Waals surface area (Å²) in [5.41, 5.74) is 0.361. The van der Waals surface area contributed by atoms with E-state index in [-0.39, 0.29) is 37.1 Å². The number of nitrogens with one attached hydrogen (secondary N) is 2. The summed E-state index contributed by atoms with van der Waals surface area (Å²) in [6.07, 6.45) is 0.452. The van der Waals surface area contributed by atoms with Crippen LogP contribution in [0, 0.1) is 5.92 Å². The van der Waals surface area contributed by atoms with E-state index < -0.39 is 23.6 Å². The van der Waals surface area contributed by atoms with Gasteiger partial charge in [-0.15, -0.1) is 0 Å². The van der Waals surface area contributed by atoms with Gasteiger partial charge in [-0.3, -0.25) is 24.5 Å². The molecule has 1 fully saturated rings. The number of imide groups is 1. The van der Waals surface area contributed by atoms with Crippen LogP contribution < -0.4 is 10.6 Å². The third-order valence-corrected chi connectivity index (χ3v) is 6.14. The Bertz CT molecular complexity index is 1100. The third-order valence-electron chi connectivity index (χ3n) is 6.14. The number of hydrogen-bond acceptors (Lipinski definition) is 5. The van der Waals surface area contributed by atoms with Crippen LogP contribution in [-0.4, -0.2) is 39.7 Å². The van der Waals surface area contributed by atoms with Crippen molar-refractivity contribution in [2.75, 3.05) is 0 Å². The van der Waals surface area contributed by atoms with Crippen LogP contribution in [0.2, 0.25) is 0 Å². The fraction of sp³-hybridized carbons (Fsp3) is 0.333. The molecule has 8 heteroatoms. The minimum absolute atomic E-state index is 0.175. The average molecular weight is 435 g/mol. The van der Waals surface area contributed by atoms with E-state index in [1.165, 1.54) is 11.0 Å². The lowest BCUT2D eigenvalue weighted by atomic mass is 9.91. The predicted molar refractivity (Wildman–Crippen MR) is 115 cm³/mol. The number of fused-ring (bicyclic) bond motifs is 1. The van der Waals surface area contributed by atoms with Gasteiger partial charge >= 0.3 is 0 Å². The van der Waals surface area contributed by atoms with E-state index in [9.17, 15) is 24.3 Å². The van der Waals surface area contributed by atoms with Crippen molar-refractivity contribution in [3.63, 3.8) is 0 Å². The molecule has 3 N–H and O–H groups in total. The fourth-order valence-electron chi connectivity index (χ4n) is 4.20. The molecule has 2 aliphatic rings. The first-order valence-electron chi connectivity index (χ1n) is 10.6. The molecule has 166 valence electrons. The first-order valence-corrected chi connectivity index (χ1v) is 10.6. The fourth-order valence-corrected chi connectivity index (χ4v) is 4.20. The Balaban J connectivity index is 1.55. The summed E-state index contributed by atoms with van der Waals surface area (Å²) < 4.78 is 0. The lowest BCUT2D eigenvalue weighted by molar-refractivity contribution is -0.136. The van der Waals surface area contributed by atoms with Crippen molar-refractivity contribution < 1.29 is 24.3 Å². The minimum atomic E-state index is -1.56. The molecule has 8 nitrogen and oxygen atoms in total. The monoisotopic (exact) mass is 435 g/mol. The zero-order valence-corrected chi connectivity index (χ0v) is 17.9. The highest BCUT2D eigenvalue weighted by atomic mass is 16.3. The summed E-state index contributed by atoms with van der Waals surface area (Å²) in [5, 5.41) is 16.2. The highest BCUT2D eigenvalue weighted by molar-refractivity contribution is 6.06. The maximum atomic E-state index is 13.0. The molecule has 0 spiro atoms. The lowest BCUT2D eigenvalue weighted by Gasteiger charge is -2.33. The molecule has 2 aromatic carbocycles. The summed E-state index contributed by atoms with van der Waals surface area (Å²) in [4.78, 5) is 50.9. The van der Waals surface area contributed by atoms with E-state index in [0.29, 0.717) is 22.3 Å². The van der Waals surface area contributed by atoms with Gasteiger partial charge in [0.05, 0.1) is 0 Å². The van der Waals surface area contributed by atoms with Crippen LogP contribution >= 0.6 is 0 Å². The first-order chi connectivity index (χ1) is 15.2. The third kappa shape index (κ3) is 3.78. The minimum Gasteiger partial charge on any atom is -0.367 e. The molecule has 1 saturated heterocycles. The normalized spacial score (nSPS) is 20.1. The Kier molecular flexibility index (Phi) is 5.56. The molecule has 4 amide bonds. The highest BCUT2D eigenvalue weighted by Gasteiger charge is 2.40. The number of piperidine rings is 1. The highest BCUT2D eigenvalue weighted by Crippen LogP contribution is 2.30. The summed E-state index contributed by atoms with van der Waals surface area (Å²) in [5.74, 6) is -1.90. The Hall–Kier alpha value is -3.52. The van der Waals surface area contributed by atoms with Crippen LogP contribution in [0.25, 0.3) is 0 Å². The second-order valence-corrected chi connectivity index (χ2v) is 8.51. The van der Waals surface area contributed by atoms with E-state index in [1.54, 1.807) is 36.4 Å². The number of amides is 4. The smallest absolute Gasteiger partial charge is 0.255 e. The largest absolute Gasteiger partial charge is 0.367 e. The van der Waals surface area contributed by atoms with Gasteiger partial charge in [0.1, 0.15) is 6.04 Å². The SMILES string of the molecule is CC(C)C(O)(NC(=O)c1ccc2c(c1)CN(C1CCC(=O)NC1=O)C2=O)c1ccccc1. The van der Waals surface area contributed by atoms with Gasteiger partial charge in [-0.25, -0.2) is 0 Å². The van der Waals surface area contributed by atoms with E-state index in [0.717, 1.165) is 0 Å². The van der Waals surface area contributed by atoms with Crippen molar-refractivity contribution in [2.45, 2.75) is 45.0 Å². The van der Waals surface area contributed by atoms with Gasteiger partial charge in [-0.05, 0) is 30.2 Å². The van der Waals surface area contributed by atoms with Gasteiger partial charge < -0.3 is 15.3 Å². The van der Waals surface area contributed by atoms with E-state index >= 15 is 0 Å². The quantitative estimate of drug-likeness (QED) is 0.488. The number of nitrogens with zero attached hydrogens (tertiary/aromatic N) is 1. The van der Waals surface area contributed by atoms with Crippen LogP contribution in [0.4, 0.5) is 0 Å². The van der Waals surface area contributed by atoms with Gasteiger partial charge in [-0.1, -0.05) is 44.2 Å². The Morgan fingerprint density at radius 1 is 1.16 bits per heavy atom. The molecule has 32 heavy (non-hydrogen) atoms. The van der Waals surface area contributed by atoms with Crippen molar-refractivity contribution in [2.24, 2.45) is 5.92 Å². The molecule has 2 unspecified atom stereocenters. The van der Waals surface area contributed by atoms with Gasteiger partial charge in [-0.2, -0.15) is 0 Å². The standard InChI is InChI=1S/C24H25N3O5/c1-14(2)24(32,17-6-4-3-5-7-17)26-21(29)15-8-9-18-16(12-15)13-27(23(18)31)19-10-11-20(28)25-22(19)30/h3-9,12,14,19,32H,10-11,13H2,1-2H3,(H,26,29)(H,25,28,30). The number of benzene rings is 2. The van der Waals surface area contributed by atoms with E-state index in [1.807, 2.05) is 19.9 Å². The van der Waals surface area contributed by atoms with E-state index in [2.05, 4.69) is 10.6 Å². The van der Waals surface area contributed by atoms with Gasteiger partial charge in [0, 0.05) is 35.6 Å². The maximum absolute atomic E-state index is 13.0. The van der Waals surface area contributed by atoms with Crippen LogP contribution in [0.5, 0.6) is 0 Å². The molecule has 0 aromatic heterocycles. The average Bonchev–Trinajstić information content (AvgIpc) is 3.09. The number of aliphatic hydroxyl groups is 1. The van der Waals surface area contributed by atoms with Crippen LogP contribution in [0.15, 0.2) is 48.5 Å². The van der Waals surface area contributed by atoms with Crippen molar-refractivity contribution in [3.05, 3.63) is 70.8 Å². The van der Waals surface area contributed by atoms with Crippen LogP contribution in [0.3, 0.4) is 0 Å². The Morgan fingerprint density at radius 3 is 2.53 bits per heavy atom. The molecule has 4 rings (SSSR count). The predicted octanol–water partition coefficient (Wildman–Crippen LogP) is 1.68. The Morgan fingerprint density at radius 2 is 1.88 bits per heavy atom. The van der Waals surface area contributed by atoms with Crippen molar-refractivity contribution in [3.8, 4) is 0 Å². The van der Waals surface area contributed by atoms with Crippen LogP contribution in [-0.2, 0) is 21.9 Å². The molecule has 0 radical (unpaired) electrons. The molecule has 0 saturated carbocycles. The lowest BCUT2D eigenvalue weighted by Crippen LogP contribution is -2.52. The molecule has 2 aromatic rings. The zero-order chi connectivity index (χ0) is 23.0. The topological polar surface area (TPSA) is 116 Å². The van der Waals surface area contributed by atoms with Crippen molar-refractivity contribution in [1.82, 2.24) is 15.5 Å². The number of rotatable bonds is 5. The second kappa shape index (κ2) is 8.20. The van der Waals surface area contributed by atoms with Crippen LogP contribution in [0.1, 0.15) is 58.5 Å². The summed E-state index contributed by atoms with van der Waals surface area (Å²) in [6, 6.07) is 12.9. The van der Waals surface area contributed by atoms with Crippen molar-refractivity contribution in [1.29, 1.82) is 0 Å². The summed E-state index contributed by atoms with van der Waals surface area (Å²) in [6.45, 7) is 3.80. The molecule has 0 bridgehead atoms. The molecule has 2 atom stereocenters. The van der Waals surface area contributed by atoms with Gasteiger partial charge in [0.15, 0.2) is 5.72 Å². The van der Waals surface area contributed by atoms with Gasteiger partial charge in [0.2, 0.25) is 11.8 Å². The van der Waals surface area contributed by atoms with E-state index in [4.69, 9.17) is 0 Å². The van der Waals surface area contributed by atoms with Gasteiger partial charge in [0.25, 0.3) is 11.8 Å². The molecule has 2 aliphatic heterocycles. The maximum Gasteiger partial charge on any atom is 0.255 e. The molecule has 0 aliphatic carbocycles. The Labute approximate surface area is 185 Å². The first kappa shape index (κ1) is 21.7. The summed E-state index contributed by atoms with van der Waals surface area (Å²) in [7, 11) is 0. The summed E-state index contributed by atoms with van der Waals surface area (Å²) >= 11 is 0.